The maximum Gasteiger partial charge on any atom is 0.0909 e. The van der Waals surface area contributed by atoms with Gasteiger partial charge in [0.05, 0.1) is 29.5 Å². The number of hydrogen-bond donors (Lipinski definition) is 3. The summed E-state index contributed by atoms with van der Waals surface area (Å²) in [6.45, 7) is 13.0. The van der Waals surface area contributed by atoms with Gasteiger partial charge in [0.1, 0.15) is 0 Å². The van der Waals surface area contributed by atoms with Crippen molar-refractivity contribution in [3.63, 3.8) is 0 Å². The van der Waals surface area contributed by atoms with Crippen molar-refractivity contribution < 1.29 is 20.1 Å². The summed E-state index contributed by atoms with van der Waals surface area (Å²) in [6.07, 6.45) is 1.57. The van der Waals surface area contributed by atoms with E-state index in [9.17, 15) is 15.3 Å². The molecule has 2 aliphatic rings. The Bertz CT molecular complexity index is 795. The number of nitrogens with zero attached hydrogens (tertiary/aromatic N) is 1. The summed E-state index contributed by atoms with van der Waals surface area (Å²) in [5, 5.41) is 33.9. The minimum absolute atomic E-state index is 0.0489. The molecule has 3 rings (SSSR count). The lowest BCUT2D eigenvalue weighted by atomic mass is 9.65. The number of benzene rings is 1. The van der Waals surface area contributed by atoms with Crippen LogP contribution in [0.25, 0.3) is 0 Å². The van der Waals surface area contributed by atoms with Gasteiger partial charge in [0, 0.05) is 25.3 Å². The number of anilines is 1. The van der Waals surface area contributed by atoms with Gasteiger partial charge in [-0.1, -0.05) is 44.6 Å². The third-order valence-electron chi connectivity index (χ3n) is 7.54. The molecule has 1 saturated heterocycles. The summed E-state index contributed by atoms with van der Waals surface area (Å²) < 4.78 is 5.74. The Morgan fingerprint density at radius 2 is 1.87 bits per heavy atom. The predicted molar refractivity (Wildman–Crippen MR) is 125 cm³/mol. The van der Waals surface area contributed by atoms with Crippen LogP contribution in [-0.2, 0) is 10.2 Å². The molecule has 0 bridgehead atoms. The molecule has 1 aliphatic heterocycles. The van der Waals surface area contributed by atoms with Crippen LogP contribution in [0.5, 0.6) is 0 Å². The Balaban J connectivity index is 2.09. The maximum absolute atomic E-state index is 11.7. The number of fused-ring (bicyclic) bond motifs is 1. The predicted octanol–water partition coefficient (Wildman–Crippen LogP) is 3.80. The Morgan fingerprint density at radius 3 is 2.39 bits per heavy atom. The first-order valence-corrected chi connectivity index (χ1v) is 11.5. The van der Waals surface area contributed by atoms with Gasteiger partial charge in [0.25, 0.3) is 0 Å². The highest BCUT2D eigenvalue weighted by molar-refractivity contribution is 5.55. The van der Waals surface area contributed by atoms with Gasteiger partial charge in [0.15, 0.2) is 0 Å². The van der Waals surface area contributed by atoms with Crippen LogP contribution in [-0.4, -0.2) is 58.4 Å². The van der Waals surface area contributed by atoms with Crippen molar-refractivity contribution in [1.82, 2.24) is 0 Å². The first-order valence-electron chi connectivity index (χ1n) is 11.5. The lowest BCUT2D eigenvalue weighted by Gasteiger charge is -2.50. The summed E-state index contributed by atoms with van der Waals surface area (Å²) in [4.78, 5) is 2.15. The first-order chi connectivity index (χ1) is 14.3. The lowest BCUT2D eigenvalue weighted by Crippen LogP contribution is -2.63. The number of aliphatic hydroxyl groups is 3. The molecule has 3 N–H and O–H groups in total. The van der Waals surface area contributed by atoms with Gasteiger partial charge in [-0.05, 0) is 63.1 Å². The molecular formula is C26H41NO4. The normalized spacial score (nSPS) is 34.4. The number of aliphatic hydroxyl groups excluding tert-OH is 2. The molecule has 0 radical (unpaired) electrons. The minimum atomic E-state index is -1.04. The number of β-amino-alcohol motifs (C(OH)–C–C–N with tert-alkyl or cyclic N) is 1. The van der Waals surface area contributed by atoms with E-state index < -0.39 is 35.4 Å². The van der Waals surface area contributed by atoms with Crippen molar-refractivity contribution in [1.29, 1.82) is 0 Å². The van der Waals surface area contributed by atoms with Crippen LogP contribution >= 0.6 is 0 Å². The molecule has 0 unspecified atom stereocenters. The van der Waals surface area contributed by atoms with E-state index in [1.165, 1.54) is 5.56 Å². The highest BCUT2D eigenvalue weighted by Crippen LogP contribution is 2.53. The molecule has 1 aromatic carbocycles. The summed E-state index contributed by atoms with van der Waals surface area (Å²) in [6, 6.07) is 8.44. The summed E-state index contributed by atoms with van der Waals surface area (Å²) in [5.74, 6) is -0.420. The van der Waals surface area contributed by atoms with Crippen molar-refractivity contribution in [2.45, 2.75) is 95.7 Å². The Labute approximate surface area is 187 Å². The molecule has 5 heteroatoms. The number of rotatable bonds is 5. The van der Waals surface area contributed by atoms with Crippen LogP contribution in [0.2, 0.25) is 0 Å². The van der Waals surface area contributed by atoms with Gasteiger partial charge in [-0.25, -0.2) is 0 Å². The summed E-state index contributed by atoms with van der Waals surface area (Å²) in [5.41, 5.74) is 1.56. The second kappa shape index (κ2) is 8.51. The third kappa shape index (κ3) is 4.30. The second-order valence-corrected chi connectivity index (χ2v) is 11.0. The van der Waals surface area contributed by atoms with Crippen molar-refractivity contribution >= 4 is 5.69 Å². The van der Waals surface area contributed by atoms with Crippen LogP contribution in [0.15, 0.2) is 35.9 Å². The number of methoxy groups -OCH3 is 1. The molecule has 0 amide bonds. The summed E-state index contributed by atoms with van der Waals surface area (Å²) >= 11 is 0. The van der Waals surface area contributed by atoms with Gasteiger partial charge in [-0.2, -0.15) is 0 Å². The smallest absolute Gasteiger partial charge is 0.0909 e. The average Bonchev–Trinajstić information content (AvgIpc) is 2.95. The van der Waals surface area contributed by atoms with E-state index in [0.29, 0.717) is 25.8 Å². The molecule has 0 aromatic heterocycles. The highest BCUT2D eigenvalue weighted by atomic mass is 16.5. The van der Waals surface area contributed by atoms with Gasteiger partial charge in [-0.3, -0.25) is 0 Å². The largest absolute Gasteiger partial charge is 0.390 e. The zero-order chi connectivity index (χ0) is 23.2. The standard InChI is InChI=1S/C26H41NO4/c1-17(2)8-13-21(29)25(6)23-22(31-7)20(28)14-15-26(23,30)16-27(25)19-11-9-18(10-12-19)24(3,4)5/h8-12,20-23,28-30H,13-16H2,1-7H3/t20-,21-,22-,23-,25-,26+/m1/s1. The molecule has 1 aromatic rings. The number of hydrogen-bond acceptors (Lipinski definition) is 5. The fraction of sp³-hybridized carbons (Fsp3) is 0.692. The van der Waals surface area contributed by atoms with Crippen molar-refractivity contribution in [2.75, 3.05) is 18.6 Å². The van der Waals surface area contributed by atoms with Crippen LogP contribution in [0.4, 0.5) is 5.69 Å². The quantitative estimate of drug-likeness (QED) is 0.619. The van der Waals surface area contributed by atoms with Crippen molar-refractivity contribution in [3.8, 4) is 0 Å². The fourth-order valence-corrected chi connectivity index (χ4v) is 5.69. The van der Waals surface area contributed by atoms with E-state index in [0.717, 1.165) is 11.3 Å². The first kappa shape index (κ1) is 24.2. The van der Waals surface area contributed by atoms with E-state index in [1.807, 2.05) is 26.8 Å². The van der Waals surface area contributed by atoms with Crippen molar-refractivity contribution in [3.05, 3.63) is 41.5 Å². The Morgan fingerprint density at radius 1 is 1.26 bits per heavy atom. The van der Waals surface area contributed by atoms with Gasteiger partial charge < -0.3 is 25.0 Å². The Hall–Kier alpha value is -1.40. The molecule has 31 heavy (non-hydrogen) atoms. The molecule has 1 aliphatic carbocycles. The monoisotopic (exact) mass is 431 g/mol. The lowest BCUT2D eigenvalue weighted by molar-refractivity contribution is -0.164. The van der Waals surface area contributed by atoms with Crippen LogP contribution in [0, 0.1) is 5.92 Å². The highest BCUT2D eigenvalue weighted by Gasteiger charge is 2.66. The fourth-order valence-electron chi connectivity index (χ4n) is 5.69. The molecule has 1 heterocycles. The van der Waals surface area contributed by atoms with E-state index in [-0.39, 0.29) is 5.41 Å². The van der Waals surface area contributed by atoms with Crippen LogP contribution in [0.3, 0.4) is 0 Å². The molecule has 174 valence electrons. The van der Waals surface area contributed by atoms with Crippen LogP contribution in [0.1, 0.15) is 66.4 Å². The molecular weight excluding hydrogens is 390 g/mol. The molecule has 6 atom stereocenters. The topological polar surface area (TPSA) is 73.2 Å². The van der Waals surface area contributed by atoms with Gasteiger partial charge >= 0.3 is 0 Å². The third-order valence-corrected chi connectivity index (χ3v) is 7.54. The number of allylic oxidation sites excluding steroid dienone is 1. The Kier molecular flexibility index (Phi) is 6.66. The van der Waals surface area contributed by atoms with Gasteiger partial charge in [0.2, 0.25) is 0 Å². The van der Waals surface area contributed by atoms with Crippen LogP contribution < -0.4 is 4.90 Å². The minimum Gasteiger partial charge on any atom is -0.390 e. The average molecular weight is 432 g/mol. The summed E-state index contributed by atoms with van der Waals surface area (Å²) in [7, 11) is 1.59. The molecule has 5 nitrogen and oxygen atoms in total. The zero-order valence-corrected chi connectivity index (χ0v) is 20.2. The molecule has 2 fully saturated rings. The van der Waals surface area contributed by atoms with Crippen molar-refractivity contribution in [2.24, 2.45) is 5.92 Å². The van der Waals surface area contributed by atoms with E-state index in [2.05, 4.69) is 49.9 Å². The molecule has 0 spiro atoms. The van der Waals surface area contributed by atoms with Gasteiger partial charge in [-0.15, -0.1) is 0 Å². The van der Waals surface area contributed by atoms with E-state index in [1.54, 1.807) is 7.11 Å². The van der Waals surface area contributed by atoms with E-state index in [4.69, 9.17) is 4.74 Å². The van der Waals surface area contributed by atoms with E-state index >= 15 is 0 Å². The SMILES string of the molecule is CO[C@@H]1[C@H](O)CC[C@]2(O)CN(c3ccc(C(C)(C)C)cc3)[C@](C)([C@H](O)CC=C(C)C)[C@@H]12. The molecule has 1 saturated carbocycles. The second-order valence-electron chi connectivity index (χ2n) is 11.0. The zero-order valence-electron chi connectivity index (χ0n) is 20.2. The maximum atomic E-state index is 11.7. The number of ether oxygens (including phenoxy) is 1.